The van der Waals surface area contributed by atoms with E-state index in [4.69, 9.17) is 4.74 Å². The molecular weight excluding hydrogens is 306 g/mol. The maximum Gasteiger partial charge on any atom is 0.223 e. The summed E-state index contributed by atoms with van der Waals surface area (Å²) in [5, 5.41) is 3.92. The predicted octanol–water partition coefficient (Wildman–Crippen LogP) is 2.54. The highest BCUT2D eigenvalue weighted by atomic mass is 79.9. The zero-order valence-electron chi connectivity index (χ0n) is 11.0. The number of nitrogens with one attached hydrogen (secondary N) is 1. The summed E-state index contributed by atoms with van der Waals surface area (Å²) in [5.41, 5.74) is 1.25. The minimum absolute atomic E-state index is 0.117. The molecule has 4 heteroatoms. The first kappa shape index (κ1) is 14.5. The van der Waals surface area contributed by atoms with Crippen LogP contribution in [0.3, 0.4) is 0 Å². The number of carbonyl (C=O) groups is 1. The van der Waals surface area contributed by atoms with Gasteiger partial charge in [0.15, 0.2) is 0 Å². The highest BCUT2D eigenvalue weighted by Crippen LogP contribution is 2.15. The molecule has 0 radical (unpaired) electrons. The van der Waals surface area contributed by atoms with Crippen LogP contribution in [0.5, 0.6) is 0 Å². The zero-order chi connectivity index (χ0) is 13.5. The molecule has 1 N–H and O–H groups in total. The number of ether oxygens (including phenoxy) is 1. The van der Waals surface area contributed by atoms with Crippen LogP contribution in [0.1, 0.15) is 18.4 Å². The monoisotopic (exact) mass is 325 g/mol. The Morgan fingerprint density at radius 2 is 2.00 bits per heavy atom. The van der Waals surface area contributed by atoms with Gasteiger partial charge in [0.25, 0.3) is 0 Å². The molecule has 1 amide bonds. The van der Waals surface area contributed by atoms with Gasteiger partial charge >= 0.3 is 0 Å². The van der Waals surface area contributed by atoms with Gasteiger partial charge in [0.05, 0.1) is 0 Å². The molecule has 1 aromatic rings. The predicted molar refractivity (Wildman–Crippen MR) is 79.4 cm³/mol. The van der Waals surface area contributed by atoms with E-state index >= 15 is 0 Å². The lowest BCUT2D eigenvalue weighted by atomic mass is 9.98. The second-order valence-electron chi connectivity index (χ2n) is 4.94. The first-order valence-corrected chi connectivity index (χ1v) is 7.89. The van der Waals surface area contributed by atoms with E-state index in [1.165, 1.54) is 5.56 Å². The zero-order valence-corrected chi connectivity index (χ0v) is 12.6. The Hall–Kier alpha value is -0.870. The third-order valence-corrected chi connectivity index (χ3v) is 4.23. The summed E-state index contributed by atoms with van der Waals surface area (Å²) in [6, 6.07) is 10.4. The number of carbonyl (C=O) groups excluding carboxylic acids is 1. The fourth-order valence-electron chi connectivity index (χ4n) is 2.32. The second-order valence-corrected chi connectivity index (χ2v) is 5.58. The third-order valence-electron chi connectivity index (χ3n) is 3.45. The minimum atomic E-state index is 0.117. The Kier molecular flexibility index (Phi) is 5.86. The van der Waals surface area contributed by atoms with Crippen LogP contribution in [0.25, 0.3) is 0 Å². The lowest BCUT2D eigenvalue weighted by Gasteiger charge is -2.24. The highest BCUT2D eigenvalue weighted by Gasteiger charge is 2.23. The van der Waals surface area contributed by atoms with Gasteiger partial charge < -0.3 is 10.1 Å². The molecule has 1 aromatic carbocycles. The summed E-state index contributed by atoms with van der Waals surface area (Å²) >= 11 is 3.49. The summed E-state index contributed by atoms with van der Waals surface area (Å²) < 4.78 is 5.29. The van der Waals surface area contributed by atoms with E-state index in [9.17, 15) is 4.79 Å². The first-order valence-electron chi connectivity index (χ1n) is 6.77. The summed E-state index contributed by atoms with van der Waals surface area (Å²) in [4.78, 5) is 12.2. The number of hydrogen-bond acceptors (Lipinski definition) is 2. The van der Waals surface area contributed by atoms with Gasteiger partial charge in [0.2, 0.25) is 5.91 Å². The number of rotatable bonds is 5. The molecule has 2 rings (SSSR count). The molecule has 1 saturated heterocycles. The molecule has 1 fully saturated rings. The molecule has 1 heterocycles. The molecule has 19 heavy (non-hydrogen) atoms. The van der Waals surface area contributed by atoms with Crippen LogP contribution in [-0.2, 0) is 16.0 Å². The van der Waals surface area contributed by atoms with Gasteiger partial charge in [-0.1, -0.05) is 46.3 Å². The fraction of sp³-hybridized carbons (Fsp3) is 0.533. The molecule has 0 saturated carbocycles. The average molecular weight is 326 g/mol. The SMILES string of the molecule is O=C(NC(CBr)Cc1ccccc1)C1CCOCC1. The van der Waals surface area contributed by atoms with E-state index in [0.29, 0.717) is 13.2 Å². The smallest absolute Gasteiger partial charge is 0.223 e. The maximum absolute atomic E-state index is 12.2. The normalized spacial score (nSPS) is 17.9. The average Bonchev–Trinajstić information content (AvgIpc) is 2.48. The Labute approximate surface area is 122 Å². The molecule has 0 aromatic heterocycles. The summed E-state index contributed by atoms with van der Waals surface area (Å²) in [6.45, 7) is 1.41. The van der Waals surface area contributed by atoms with Gasteiger partial charge in [0.1, 0.15) is 0 Å². The fourth-order valence-corrected chi connectivity index (χ4v) is 2.71. The lowest BCUT2D eigenvalue weighted by Crippen LogP contribution is -2.42. The lowest BCUT2D eigenvalue weighted by molar-refractivity contribution is -0.128. The minimum Gasteiger partial charge on any atom is -0.381 e. The molecule has 0 aliphatic carbocycles. The van der Waals surface area contributed by atoms with Gasteiger partial charge in [-0.15, -0.1) is 0 Å². The van der Waals surface area contributed by atoms with Crippen molar-refractivity contribution in [2.24, 2.45) is 5.92 Å². The number of halogens is 1. The summed E-state index contributed by atoms with van der Waals surface area (Å²) in [7, 11) is 0. The van der Waals surface area contributed by atoms with Crippen molar-refractivity contribution < 1.29 is 9.53 Å². The van der Waals surface area contributed by atoms with Crippen LogP contribution >= 0.6 is 15.9 Å². The highest BCUT2D eigenvalue weighted by molar-refractivity contribution is 9.09. The van der Waals surface area contributed by atoms with E-state index in [1.807, 2.05) is 18.2 Å². The quantitative estimate of drug-likeness (QED) is 0.845. The van der Waals surface area contributed by atoms with Crippen LogP contribution in [0.15, 0.2) is 30.3 Å². The van der Waals surface area contributed by atoms with Crippen molar-refractivity contribution in [1.82, 2.24) is 5.32 Å². The van der Waals surface area contributed by atoms with E-state index in [-0.39, 0.29) is 17.9 Å². The van der Waals surface area contributed by atoms with Crippen molar-refractivity contribution >= 4 is 21.8 Å². The number of alkyl halides is 1. The first-order chi connectivity index (χ1) is 9.29. The number of amides is 1. The van der Waals surface area contributed by atoms with Crippen molar-refractivity contribution in [3.63, 3.8) is 0 Å². The number of benzene rings is 1. The standard InChI is InChI=1S/C15H20BrNO2/c16-11-14(10-12-4-2-1-3-5-12)17-15(18)13-6-8-19-9-7-13/h1-5,13-14H,6-11H2,(H,17,18). The molecule has 0 bridgehead atoms. The van der Waals surface area contributed by atoms with E-state index in [1.54, 1.807) is 0 Å². The Balaban J connectivity index is 1.86. The van der Waals surface area contributed by atoms with Crippen molar-refractivity contribution in [3.8, 4) is 0 Å². The topological polar surface area (TPSA) is 38.3 Å². The van der Waals surface area contributed by atoms with Gasteiger partial charge in [-0.2, -0.15) is 0 Å². The van der Waals surface area contributed by atoms with Gasteiger partial charge in [-0.25, -0.2) is 0 Å². The van der Waals surface area contributed by atoms with E-state index in [2.05, 4.69) is 33.4 Å². The Bertz CT molecular complexity index is 390. The van der Waals surface area contributed by atoms with Crippen molar-refractivity contribution in [2.75, 3.05) is 18.5 Å². The molecule has 1 aliphatic heterocycles. The molecule has 1 unspecified atom stereocenters. The second kappa shape index (κ2) is 7.65. The molecule has 104 valence electrons. The van der Waals surface area contributed by atoms with Crippen LogP contribution in [0, 0.1) is 5.92 Å². The van der Waals surface area contributed by atoms with Crippen molar-refractivity contribution in [1.29, 1.82) is 0 Å². The molecular formula is C15H20BrNO2. The van der Waals surface area contributed by atoms with Gasteiger partial charge in [0, 0.05) is 30.5 Å². The maximum atomic E-state index is 12.2. The van der Waals surface area contributed by atoms with E-state index < -0.39 is 0 Å². The Morgan fingerprint density at radius 3 is 2.63 bits per heavy atom. The van der Waals surface area contributed by atoms with E-state index in [0.717, 1.165) is 24.6 Å². The molecule has 1 aliphatic rings. The molecule has 0 spiro atoms. The summed E-state index contributed by atoms with van der Waals surface area (Å²) in [6.07, 6.45) is 2.54. The molecule has 3 nitrogen and oxygen atoms in total. The van der Waals surface area contributed by atoms with Crippen LogP contribution in [-0.4, -0.2) is 30.5 Å². The third kappa shape index (κ3) is 4.62. The molecule has 1 atom stereocenters. The van der Waals surface area contributed by atoms with Crippen LogP contribution < -0.4 is 5.32 Å². The van der Waals surface area contributed by atoms with Gasteiger partial charge in [-0.3, -0.25) is 4.79 Å². The van der Waals surface area contributed by atoms with Crippen molar-refractivity contribution in [3.05, 3.63) is 35.9 Å². The largest absolute Gasteiger partial charge is 0.381 e. The van der Waals surface area contributed by atoms with Crippen molar-refractivity contribution in [2.45, 2.75) is 25.3 Å². The Morgan fingerprint density at radius 1 is 1.32 bits per heavy atom. The number of hydrogen-bond donors (Lipinski definition) is 1. The van der Waals surface area contributed by atoms with Crippen LogP contribution in [0.2, 0.25) is 0 Å². The van der Waals surface area contributed by atoms with Gasteiger partial charge in [-0.05, 0) is 24.8 Å². The summed E-state index contributed by atoms with van der Waals surface area (Å²) in [5.74, 6) is 0.287. The van der Waals surface area contributed by atoms with Crippen LogP contribution in [0.4, 0.5) is 0 Å².